The first-order chi connectivity index (χ1) is 7.02. The molecule has 0 aliphatic carbocycles. The van der Waals surface area contributed by atoms with Crippen LogP contribution >= 0.6 is 0 Å². The summed E-state index contributed by atoms with van der Waals surface area (Å²) in [4.78, 5) is 1.60. The molecule has 6 heteroatoms. The number of rotatable bonds is 3. The summed E-state index contributed by atoms with van der Waals surface area (Å²) < 4.78 is 0. The maximum absolute atomic E-state index is 9.61. The van der Waals surface area contributed by atoms with Gasteiger partial charge in [-0.15, -0.1) is 0 Å². The van der Waals surface area contributed by atoms with Crippen LogP contribution in [0.25, 0.3) is 0 Å². The van der Waals surface area contributed by atoms with Gasteiger partial charge in [-0.1, -0.05) is 0 Å². The van der Waals surface area contributed by atoms with Crippen LogP contribution in [-0.2, 0) is 0 Å². The van der Waals surface area contributed by atoms with Crippen LogP contribution in [0.3, 0.4) is 0 Å². The smallest absolute Gasteiger partial charge is 0.108 e. The van der Waals surface area contributed by atoms with Crippen LogP contribution in [0.4, 0.5) is 0 Å². The van der Waals surface area contributed by atoms with Gasteiger partial charge in [0, 0.05) is 12.6 Å². The van der Waals surface area contributed by atoms with Crippen molar-refractivity contribution in [3.8, 4) is 0 Å². The fourth-order valence-corrected chi connectivity index (χ4v) is 1.95. The molecule has 6 nitrogen and oxygen atoms in total. The summed E-state index contributed by atoms with van der Waals surface area (Å²) in [5.41, 5.74) is 0. The van der Waals surface area contributed by atoms with Crippen molar-refractivity contribution in [1.82, 2.24) is 4.90 Å². The van der Waals surface area contributed by atoms with Gasteiger partial charge in [0.05, 0.1) is 31.5 Å². The summed E-state index contributed by atoms with van der Waals surface area (Å²) in [5, 5.41) is 46.5. The highest BCUT2D eigenvalue weighted by molar-refractivity contribution is 4.94. The maximum atomic E-state index is 9.61. The molecule has 0 bridgehead atoms. The van der Waals surface area contributed by atoms with Gasteiger partial charge < -0.3 is 25.5 Å². The first-order valence-electron chi connectivity index (χ1n) is 5.04. The van der Waals surface area contributed by atoms with Gasteiger partial charge in [-0.25, -0.2) is 0 Å². The molecule has 4 atom stereocenters. The Bertz CT molecular complexity index is 199. The van der Waals surface area contributed by atoms with E-state index in [-0.39, 0.29) is 19.8 Å². The molecule has 1 aliphatic heterocycles. The number of likely N-dealkylation sites (tertiary alicyclic amines) is 1. The van der Waals surface area contributed by atoms with E-state index in [9.17, 15) is 15.3 Å². The highest BCUT2D eigenvalue weighted by Gasteiger charge is 2.41. The van der Waals surface area contributed by atoms with Crippen molar-refractivity contribution in [3.63, 3.8) is 0 Å². The van der Waals surface area contributed by atoms with E-state index in [4.69, 9.17) is 10.2 Å². The molecule has 0 amide bonds. The highest BCUT2D eigenvalue weighted by Crippen LogP contribution is 2.20. The number of piperidine rings is 1. The van der Waals surface area contributed by atoms with Crippen molar-refractivity contribution in [2.45, 2.75) is 37.3 Å². The van der Waals surface area contributed by atoms with Crippen molar-refractivity contribution in [2.75, 3.05) is 19.8 Å². The topological polar surface area (TPSA) is 104 Å². The summed E-state index contributed by atoms with van der Waals surface area (Å²) >= 11 is 0. The molecule has 1 heterocycles. The van der Waals surface area contributed by atoms with Gasteiger partial charge in [0.25, 0.3) is 0 Å². The van der Waals surface area contributed by atoms with Gasteiger partial charge in [-0.05, 0) is 6.92 Å². The lowest BCUT2D eigenvalue weighted by Gasteiger charge is -2.45. The van der Waals surface area contributed by atoms with E-state index >= 15 is 0 Å². The van der Waals surface area contributed by atoms with E-state index < -0.39 is 30.4 Å². The lowest BCUT2D eigenvalue weighted by atomic mass is 9.93. The van der Waals surface area contributed by atoms with Gasteiger partial charge >= 0.3 is 0 Å². The van der Waals surface area contributed by atoms with Gasteiger partial charge in [0.15, 0.2) is 0 Å². The molecule has 1 fully saturated rings. The van der Waals surface area contributed by atoms with Gasteiger partial charge in [0.1, 0.15) is 6.10 Å². The Kier molecular flexibility index (Phi) is 4.45. The minimum atomic E-state index is -1.17. The molecular weight excluding hydrogens is 202 g/mol. The monoisotopic (exact) mass is 221 g/mol. The Balaban J connectivity index is 2.73. The van der Waals surface area contributed by atoms with Crippen molar-refractivity contribution < 1.29 is 25.5 Å². The van der Waals surface area contributed by atoms with E-state index in [0.717, 1.165) is 0 Å². The van der Waals surface area contributed by atoms with Crippen LogP contribution < -0.4 is 0 Å². The van der Waals surface area contributed by atoms with E-state index in [0.29, 0.717) is 0 Å². The van der Waals surface area contributed by atoms with Gasteiger partial charge in [-0.2, -0.15) is 0 Å². The zero-order valence-corrected chi connectivity index (χ0v) is 8.69. The number of hydrogen-bond donors (Lipinski definition) is 5. The molecule has 5 N–H and O–H groups in total. The molecular formula is C9H19NO5. The Morgan fingerprint density at radius 1 is 1.13 bits per heavy atom. The van der Waals surface area contributed by atoms with Crippen LogP contribution in [0, 0.1) is 0 Å². The van der Waals surface area contributed by atoms with Crippen molar-refractivity contribution in [1.29, 1.82) is 0 Å². The lowest BCUT2D eigenvalue weighted by molar-refractivity contribution is -0.148. The van der Waals surface area contributed by atoms with Crippen LogP contribution in [0.5, 0.6) is 0 Å². The van der Waals surface area contributed by atoms with Crippen LogP contribution in [-0.4, -0.2) is 80.6 Å². The minimum Gasteiger partial charge on any atom is -0.395 e. The van der Waals surface area contributed by atoms with E-state index in [1.165, 1.54) is 0 Å². The number of β-amino-alcohol motifs (C(OH)–C–C–N with tert-alkyl or cyclic N) is 1. The molecule has 15 heavy (non-hydrogen) atoms. The van der Waals surface area contributed by atoms with Crippen molar-refractivity contribution in [2.24, 2.45) is 0 Å². The molecule has 0 aromatic heterocycles. The molecule has 0 aromatic rings. The first kappa shape index (κ1) is 12.8. The van der Waals surface area contributed by atoms with Crippen LogP contribution in [0.1, 0.15) is 6.92 Å². The molecule has 0 spiro atoms. The highest BCUT2D eigenvalue weighted by atomic mass is 16.4. The molecule has 1 rings (SSSR count). The fourth-order valence-electron chi connectivity index (χ4n) is 1.95. The Morgan fingerprint density at radius 3 is 2.13 bits per heavy atom. The van der Waals surface area contributed by atoms with Gasteiger partial charge in [-0.3, -0.25) is 4.90 Å². The Labute approximate surface area is 88.4 Å². The maximum Gasteiger partial charge on any atom is 0.108 e. The minimum absolute atomic E-state index is 0.130. The average molecular weight is 221 g/mol. The predicted octanol–water partition coefficient (Wildman–Crippen LogP) is -2.87. The van der Waals surface area contributed by atoms with Crippen molar-refractivity contribution >= 4 is 0 Å². The number of aliphatic hydroxyl groups is 5. The second kappa shape index (κ2) is 5.20. The van der Waals surface area contributed by atoms with Gasteiger partial charge in [0.2, 0.25) is 0 Å². The average Bonchev–Trinajstić information content (AvgIpc) is 2.24. The third kappa shape index (κ3) is 2.47. The molecule has 0 aromatic carbocycles. The lowest BCUT2D eigenvalue weighted by Crippen LogP contribution is -2.63. The van der Waals surface area contributed by atoms with E-state index in [2.05, 4.69) is 0 Å². The zero-order valence-electron chi connectivity index (χ0n) is 8.69. The molecule has 1 saturated heterocycles. The third-order valence-corrected chi connectivity index (χ3v) is 3.05. The molecule has 90 valence electrons. The quantitative estimate of drug-likeness (QED) is 0.351. The van der Waals surface area contributed by atoms with E-state index in [1.807, 2.05) is 0 Å². The number of aliphatic hydroxyl groups excluding tert-OH is 5. The van der Waals surface area contributed by atoms with Crippen LogP contribution in [0.2, 0.25) is 0 Å². The van der Waals surface area contributed by atoms with E-state index in [1.54, 1.807) is 11.8 Å². The SMILES string of the molecule is CC1C(O)C(O)C(O)CN1C(CO)CO. The fraction of sp³-hybridized carbons (Fsp3) is 1.00. The zero-order chi connectivity index (χ0) is 11.6. The first-order valence-corrected chi connectivity index (χ1v) is 5.04. The molecule has 4 unspecified atom stereocenters. The van der Waals surface area contributed by atoms with Crippen molar-refractivity contribution in [3.05, 3.63) is 0 Å². The Hall–Kier alpha value is -0.240. The summed E-state index contributed by atoms with van der Waals surface area (Å²) in [6, 6.07) is -0.926. The standard InChI is InChI=1S/C9H19NO5/c1-5-8(14)9(15)7(13)2-10(5)6(3-11)4-12/h5-9,11-15H,2-4H2,1H3. The molecule has 0 radical (unpaired) electrons. The third-order valence-electron chi connectivity index (χ3n) is 3.05. The molecule has 0 saturated carbocycles. The number of hydrogen-bond acceptors (Lipinski definition) is 6. The van der Waals surface area contributed by atoms with Crippen LogP contribution in [0.15, 0.2) is 0 Å². The Morgan fingerprint density at radius 2 is 1.67 bits per heavy atom. The normalized spacial score (nSPS) is 38.6. The summed E-state index contributed by atoms with van der Waals surface area (Å²) in [6.45, 7) is 1.30. The summed E-state index contributed by atoms with van der Waals surface area (Å²) in [6.07, 6.45) is -3.31. The largest absolute Gasteiger partial charge is 0.395 e. The number of nitrogens with zero attached hydrogens (tertiary/aromatic N) is 1. The second-order valence-corrected chi connectivity index (χ2v) is 4.00. The molecule has 1 aliphatic rings. The summed E-state index contributed by atoms with van der Waals surface area (Å²) in [5.74, 6) is 0. The summed E-state index contributed by atoms with van der Waals surface area (Å²) in [7, 11) is 0. The second-order valence-electron chi connectivity index (χ2n) is 4.00. The predicted molar refractivity (Wildman–Crippen MR) is 52.1 cm³/mol.